The molecule has 6 nitrogen and oxygen atoms in total. The number of carbonyl (C=O) groups is 1. The summed E-state index contributed by atoms with van der Waals surface area (Å²) >= 11 is 1.31. The number of para-hydroxylation sites is 1. The van der Waals surface area contributed by atoms with Crippen LogP contribution in [0.25, 0.3) is 16.7 Å². The molecule has 0 saturated heterocycles. The Labute approximate surface area is 180 Å². The van der Waals surface area contributed by atoms with Gasteiger partial charge in [0.2, 0.25) is 5.91 Å². The maximum absolute atomic E-state index is 13.3. The van der Waals surface area contributed by atoms with E-state index in [1.54, 1.807) is 12.3 Å². The van der Waals surface area contributed by atoms with Crippen molar-refractivity contribution in [3.8, 4) is 5.82 Å². The molecule has 0 atom stereocenters. The van der Waals surface area contributed by atoms with Crippen LogP contribution in [0.15, 0.2) is 52.5 Å². The van der Waals surface area contributed by atoms with Crippen molar-refractivity contribution in [2.75, 3.05) is 18.8 Å². The molecular weight excluding hydrogens is 396 g/mol. The summed E-state index contributed by atoms with van der Waals surface area (Å²) in [4.78, 5) is 37.2. The van der Waals surface area contributed by atoms with Crippen molar-refractivity contribution >= 4 is 28.6 Å². The largest absolute Gasteiger partial charge is 0.342 e. The van der Waals surface area contributed by atoms with Crippen LogP contribution in [0.2, 0.25) is 0 Å². The normalized spacial score (nSPS) is 13.5. The van der Waals surface area contributed by atoms with Gasteiger partial charge in [-0.15, -0.1) is 0 Å². The van der Waals surface area contributed by atoms with Crippen molar-refractivity contribution in [3.63, 3.8) is 0 Å². The van der Waals surface area contributed by atoms with Crippen molar-refractivity contribution < 1.29 is 4.79 Å². The minimum Gasteiger partial charge on any atom is -0.342 e. The molecule has 1 fully saturated rings. The molecule has 1 aromatic carbocycles. The van der Waals surface area contributed by atoms with Crippen LogP contribution in [0, 0.1) is 12.8 Å². The molecule has 0 spiro atoms. The topological polar surface area (TPSA) is 68.1 Å². The highest BCUT2D eigenvalue weighted by molar-refractivity contribution is 7.99. The molecule has 7 heteroatoms. The first-order chi connectivity index (χ1) is 14.6. The molecule has 4 rings (SSSR count). The second-order valence-corrected chi connectivity index (χ2v) is 8.76. The molecule has 1 aliphatic rings. The van der Waals surface area contributed by atoms with Crippen LogP contribution < -0.4 is 5.56 Å². The van der Waals surface area contributed by atoms with Crippen LogP contribution in [-0.4, -0.2) is 44.2 Å². The number of amides is 1. The van der Waals surface area contributed by atoms with Crippen molar-refractivity contribution in [2.24, 2.45) is 5.92 Å². The number of benzene rings is 1. The summed E-state index contributed by atoms with van der Waals surface area (Å²) in [6, 6.07) is 11.0. The Kier molecular flexibility index (Phi) is 6.18. The molecule has 2 aromatic heterocycles. The number of fused-ring (bicyclic) bond motifs is 1. The van der Waals surface area contributed by atoms with Gasteiger partial charge in [-0.2, -0.15) is 0 Å². The van der Waals surface area contributed by atoms with Crippen molar-refractivity contribution in [1.82, 2.24) is 19.4 Å². The van der Waals surface area contributed by atoms with E-state index in [9.17, 15) is 9.59 Å². The Balaban J connectivity index is 1.67. The summed E-state index contributed by atoms with van der Waals surface area (Å²) in [5.41, 5.74) is 1.47. The summed E-state index contributed by atoms with van der Waals surface area (Å²) in [6.45, 7) is 5.66. The van der Waals surface area contributed by atoms with Gasteiger partial charge >= 0.3 is 0 Å². The van der Waals surface area contributed by atoms with Gasteiger partial charge in [-0.25, -0.2) is 14.5 Å². The lowest BCUT2D eigenvalue weighted by Crippen LogP contribution is -2.35. The van der Waals surface area contributed by atoms with Crippen molar-refractivity contribution in [3.05, 3.63) is 58.5 Å². The Morgan fingerprint density at radius 1 is 1.27 bits per heavy atom. The smallest absolute Gasteiger partial charge is 0.267 e. The average molecular weight is 423 g/mol. The maximum Gasteiger partial charge on any atom is 0.267 e. The van der Waals surface area contributed by atoms with Gasteiger partial charge < -0.3 is 4.90 Å². The van der Waals surface area contributed by atoms with Gasteiger partial charge in [0.1, 0.15) is 5.82 Å². The van der Waals surface area contributed by atoms with Gasteiger partial charge in [0, 0.05) is 19.3 Å². The van der Waals surface area contributed by atoms with Crippen LogP contribution in [0.5, 0.6) is 0 Å². The number of nitrogens with zero attached hydrogens (tertiary/aromatic N) is 4. The summed E-state index contributed by atoms with van der Waals surface area (Å²) < 4.78 is 1.53. The van der Waals surface area contributed by atoms with Crippen LogP contribution in [0.4, 0.5) is 0 Å². The van der Waals surface area contributed by atoms with Gasteiger partial charge in [-0.1, -0.05) is 30.8 Å². The fourth-order valence-corrected chi connectivity index (χ4v) is 4.37. The molecule has 0 radical (unpaired) electrons. The number of thioether (sulfide) groups is 1. The Morgan fingerprint density at radius 2 is 2.07 bits per heavy atom. The second-order valence-electron chi connectivity index (χ2n) is 7.82. The lowest BCUT2D eigenvalue weighted by atomic mass is 10.2. The van der Waals surface area contributed by atoms with E-state index in [1.165, 1.54) is 29.2 Å². The lowest BCUT2D eigenvalue weighted by molar-refractivity contribution is -0.128. The van der Waals surface area contributed by atoms with Gasteiger partial charge in [-0.05, 0) is 61.9 Å². The Bertz CT molecular complexity index is 1120. The van der Waals surface area contributed by atoms with Crippen molar-refractivity contribution in [2.45, 2.75) is 38.3 Å². The van der Waals surface area contributed by atoms with Crippen LogP contribution in [-0.2, 0) is 4.79 Å². The first-order valence-electron chi connectivity index (χ1n) is 10.4. The fourth-order valence-electron chi connectivity index (χ4n) is 3.47. The molecule has 0 unspecified atom stereocenters. The Hall–Kier alpha value is -2.67. The first kappa shape index (κ1) is 20.6. The Morgan fingerprint density at radius 3 is 2.80 bits per heavy atom. The molecule has 30 heavy (non-hydrogen) atoms. The molecule has 1 amide bonds. The molecule has 156 valence electrons. The lowest BCUT2D eigenvalue weighted by Gasteiger charge is -2.22. The highest BCUT2D eigenvalue weighted by atomic mass is 32.2. The SMILES string of the molecule is CCCN(CC1CC1)C(=O)CSc1nc2ccccc2c(=O)n1-c1cc(C)ccn1. The van der Waals surface area contributed by atoms with Gasteiger partial charge in [0.05, 0.1) is 16.7 Å². The minimum absolute atomic E-state index is 0.0971. The van der Waals surface area contributed by atoms with Gasteiger partial charge in [0.15, 0.2) is 5.16 Å². The number of rotatable bonds is 8. The van der Waals surface area contributed by atoms with Gasteiger partial charge in [0.25, 0.3) is 5.56 Å². The quantitative estimate of drug-likeness (QED) is 0.408. The zero-order chi connectivity index (χ0) is 21.1. The highest BCUT2D eigenvalue weighted by Gasteiger charge is 2.26. The fraction of sp³-hybridized carbons (Fsp3) is 0.391. The number of carbonyl (C=O) groups excluding carboxylic acids is 1. The minimum atomic E-state index is -0.169. The van der Waals surface area contributed by atoms with E-state index in [4.69, 9.17) is 4.98 Å². The number of pyridine rings is 1. The van der Waals surface area contributed by atoms with Crippen molar-refractivity contribution in [1.29, 1.82) is 0 Å². The number of hydrogen-bond donors (Lipinski definition) is 0. The molecule has 0 bridgehead atoms. The monoisotopic (exact) mass is 422 g/mol. The highest BCUT2D eigenvalue weighted by Crippen LogP contribution is 2.30. The number of aromatic nitrogens is 3. The van der Waals surface area contributed by atoms with E-state index in [0.29, 0.717) is 27.8 Å². The summed E-state index contributed by atoms with van der Waals surface area (Å²) in [5, 5.41) is 1.03. The van der Waals surface area contributed by atoms with E-state index in [2.05, 4.69) is 11.9 Å². The molecular formula is C23H26N4O2S. The predicted molar refractivity (Wildman–Crippen MR) is 120 cm³/mol. The van der Waals surface area contributed by atoms with E-state index in [1.807, 2.05) is 42.2 Å². The number of hydrogen-bond acceptors (Lipinski definition) is 5. The molecule has 0 aliphatic heterocycles. The van der Waals surface area contributed by atoms with E-state index in [-0.39, 0.29) is 17.2 Å². The summed E-state index contributed by atoms with van der Waals surface area (Å²) in [6.07, 6.45) is 5.05. The maximum atomic E-state index is 13.3. The molecule has 3 aromatic rings. The summed E-state index contributed by atoms with van der Waals surface area (Å²) in [5.74, 6) is 1.53. The van der Waals surface area contributed by atoms with E-state index in [0.717, 1.165) is 25.1 Å². The average Bonchev–Trinajstić information content (AvgIpc) is 3.56. The third-order valence-electron chi connectivity index (χ3n) is 5.22. The van der Waals surface area contributed by atoms with E-state index < -0.39 is 0 Å². The zero-order valence-electron chi connectivity index (χ0n) is 17.4. The van der Waals surface area contributed by atoms with Crippen LogP contribution >= 0.6 is 11.8 Å². The standard InChI is InChI=1S/C23H26N4O2S/c1-3-12-26(14-17-8-9-17)21(28)15-30-23-25-19-7-5-4-6-18(19)22(29)27(23)20-13-16(2)10-11-24-20/h4-7,10-11,13,17H,3,8-9,12,14-15H2,1-2H3. The second kappa shape index (κ2) is 9.00. The van der Waals surface area contributed by atoms with Crippen LogP contribution in [0.3, 0.4) is 0 Å². The molecule has 1 saturated carbocycles. The van der Waals surface area contributed by atoms with Crippen LogP contribution in [0.1, 0.15) is 31.7 Å². The van der Waals surface area contributed by atoms with E-state index >= 15 is 0 Å². The number of aryl methyl sites for hydroxylation is 1. The zero-order valence-corrected chi connectivity index (χ0v) is 18.2. The molecule has 0 N–H and O–H groups in total. The summed E-state index contributed by atoms with van der Waals surface area (Å²) in [7, 11) is 0. The predicted octanol–water partition coefficient (Wildman–Crippen LogP) is 3.83. The third kappa shape index (κ3) is 4.56. The third-order valence-corrected chi connectivity index (χ3v) is 6.14. The first-order valence-corrected chi connectivity index (χ1v) is 11.4. The molecule has 2 heterocycles. The molecule has 1 aliphatic carbocycles. The van der Waals surface area contributed by atoms with Gasteiger partial charge in [-0.3, -0.25) is 9.59 Å².